The van der Waals surface area contributed by atoms with Crippen molar-refractivity contribution in [3.05, 3.63) is 108 Å². The second kappa shape index (κ2) is 15.8. The topological polar surface area (TPSA) is 142 Å². The van der Waals surface area contributed by atoms with E-state index in [0.29, 0.717) is 12.6 Å². The quantitative estimate of drug-likeness (QED) is 0.287. The molecule has 1 aliphatic rings. The van der Waals surface area contributed by atoms with E-state index in [-0.39, 0.29) is 32.5 Å². The molecule has 44 heavy (non-hydrogen) atoms. The second-order valence-electron chi connectivity index (χ2n) is 10.3. The van der Waals surface area contributed by atoms with E-state index in [4.69, 9.17) is 4.74 Å². The molecule has 3 aromatic carbocycles. The van der Waals surface area contributed by atoms with Crippen LogP contribution in [0.4, 0.5) is 4.79 Å². The minimum atomic E-state index is -1.24. The van der Waals surface area contributed by atoms with E-state index in [1.54, 1.807) is 36.4 Å². The summed E-state index contributed by atoms with van der Waals surface area (Å²) in [5.74, 6) is -1.81. The lowest BCUT2D eigenvalue weighted by molar-refractivity contribution is -0.144. The average Bonchev–Trinajstić information content (AvgIpc) is 3.12. The van der Waals surface area contributed by atoms with Crippen LogP contribution < -0.4 is 10.6 Å². The molecule has 1 fully saturated rings. The summed E-state index contributed by atoms with van der Waals surface area (Å²) in [7, 11) is 0. The Kier molecular flexibility index (Phi) is 11.3. The Balaban J connectivity index is 1.64. The van der Waals surface area contributed by atoms with Crippen molar-refractivity contribution in [1.29, 1.82) is 0 Å². The molecule has 2 N–H and O–H groups in total. The molecule has 1 aliphatic heterocycles. The van der Waals surface area contributed by atoms with Gasteiger partial charge < -0.3 is 34.8 Å². The Labute approximate surface area is 255 Å². The van der Waals surface area contributed by atoms with E-state index in [9.17, 15) is 28.8 Å². The molecule has 4 rings (SSSR count). The molecule has 0 spiro atoms. The normalized spacial score (nSPS) is 17.3. The van der Waals surface area contributed by atoms with Crippen LogP contribution >= 0.6 is 0 Å². The summed E-state index contributed by atoms with van der Waals surface area (Å²) in [6, 6.07) is 23.9. The van der Waals surface area contributed by atoms with Gasteiger partial charge in [-0.15, -0.1) is 0 Å². The summed E-state index contributed by atoms with van der Waals surface area (Å²) in [4.78, 5) is 79.1. The summed E-state index contributed by atoms with van der Waals surface area (Å²) in [5.41, 5.74) is 2.31. The zero-order chi connectivity index (χ0) is 31.3. The Bertz CT molecular complexity index is 1440. The molecule has 4 amide bonds. The van der Waals surface area contributed by atoms with E-state index in [1.165, 1.54) is 4.90 Å². The van der Waals surface area contributed by atoms with Gasteiger partial charge in [-0.2, -0.15) is 0 Å². The van der Waals surface area contributed by atoms with E-state index in [1.807, 2.05) is 54.6 Å². The van der Waals surface area contributed by atoms with Crippen molar-refractivity contribution >= 4 is 36.4 Å². The molecule has 3 aromatic rings. The predicted molar refractivity (Wildman–Crippen MR) is 160 cm³/mol. The van der Waals surface area contributed by atoms with Crippen LogP contribution in [0.3, 0.4) is 0 Å². The monoisotopic (exact) mass is 598 g/mol. The second-order valence-corrected chi connectivity index (χ2v) is 10.3. The molecule has 3 atom stereocenters. The highest BCUT2D eigenvalue weighted by Crippen LogP contribution is 2.20. The van der Waals surface area contributed by atoms with Crippen molar-refractivity contribution in [2.75, 3.05) is 13.1 Å². The number of ether oxygens (including phenoxy) is 1. The van der Waals surface area contributed by atoms with Crippen LogP contribution in [-0.2, 0) is 48.3 Å². The van der Waals surface area contributed by atoms with Gasteiger partial charge in [-0.3, -0.25) is 14.4 Å². The van der Waals surface area contributed by atoms with Gasteiger partial charge in [-0.05, 0) is 16.7 Å². The van der Waals surface area contributed by atoms with Crippen molar-refractivity contribution in [1.82, 2.24) is 20.4 Å². The largest absolute Gasteiger partial charge is 0.445 e. The van der Waals surface area contributed by atoms with Gasteiger partial charge in [0.05, 0.1) is 12.6 Å². The van der Waals surface area contributed by atoms with Crippen molar-refractivity contribution in [2.24, 2.45) is 0 Å². The van der Waals surface area contributed by atoms with Crippen LogP contribution in [0, 0.1) is 0 Å². The summed E-state index contributed by atoms with van der Waals surface area (Å²) < 4.78 is 5.36. The number of nitrogens with zero attached hydrogens (tertiary/aromatic N) is 2. The smallest absolute Gasteiger partial charge is 0.408 e. The number of carbonyl (C=O) groups excluding carboxylic acids is 6. The fourth-order valence-corrected chi connectivity index (χ4v) is 4.93. The Morgan fingerprint density at radius 3 is 2.02 bits per heavy atom. The number of hydrogen-bond acceptors (Lipinski definition) is 7. The lowest BCUT2D eigenvalue weighted by Crippen LogP contribution is -2.56. The van der Waals surface area contributed by atoms with Crippen molar-refractivity contribution in [3.8, 4) is 0 Å². The van der Waals surface area contributed by atoms with Crippen LogP contribution in [0.2, 0.25) is 0 Å². The highest BCUT2D eigenvalue weighted by atomic mass is 16.5. The highest BCUT2D eigenvalue weighted by Gasteiger charge is 2.43. The van der Waals surface area contributed by atoms with E-state index in [0.717, 1.165) is 21.6 Å². The third kappa shape index (κ3) is 8.84. The van der Waals surface area contributed by atoms with E-state index >= 15 is 0 Å². The Morgan fingerprint density at radius 1 is 0.841 bits per heavy atom. The Hall–Kier alpha value is -5.32. The van der Waals surface area contributed by atoms with Gasteiger partial charge >= 0.3 is 6.09 Å². The van der Waals surface area contributed by atoms with Gasteiger partial charge in [0.1, 0.15) is 37.8 Å². The SMILES string of the molecule is O=CC[C@@H](C=O)NC(=O)CN1C(=O)[C@@H](NC(=O)OCc2ccccc2)CN(Cc2ccccc2)C(=O)[C@@H]1Cc1ccccc1. The summed E-state index contributed by atoms with van der Waals surface area (Å²) in [6.45, 7) is -0.630. The highest BCUT2D eigenvalue weighted by molar-refractivity contribution is 5.97. The molecule has 0 unspecified atom stereocenters. The fourth-order valence-electron chi connectivity index (χ4n) is 4.93. The van der Waals surface area contributed by atoms with Crippen molar-refractivity contribution in [3.63, 3.8) is 0 Å². The number of rotatable bonds is 13. The number of aldehydes is 2. The molecule has 228 valence electrons. The number of hydrogen-bond donors (Lipinski definition) is 2. The number of carbonyl (C=O) groups is 6. The van der Waals surface area contributed by atoms with Gasteiger partial charge in [0.15, 0.2) is 0 Å². The average molecular weight is 599 g/mol. The summed E-state index contributed by atoms with van der Waals surface area (Å²) >= 11 is 0. The molecule has 0 bridgehead atoms. The van der Waals surface area contributed by atoms with Crippen LogP contribution in [0.5, 0.6) is 0 Å². The van der Waals surface area contributed by atoms with Gasteiger partial charge in [0, 0.05) is 19.4 Å². The summed E-state index contributed by atoms with van der Waals surface area (Å²) in [6.07, 6.45) is -0.0751. The maximum atomic E-state index is 14.2. The van der Waals surface area contributed by atoms with Gasteiger partial charge in [0.25, 0.3) is 0 Å². The maximum absolute atomic E-state index is 14.2. The van der Waals surface area contributed by atoms with E-state index in [2.05, 4.69) is 10.6 Å². The fraction of sp³-hybridized carbons (Fsp3) is 0.273. The molecular weight excluding hydrogens is 564 g/mol. The number of nitrogens with one attached hydrogen (secondary N) is 2. The van der Waals surface area contributed by atoms with Crippen LogP contribution in [0.1, 0.15) is 23.1 Å². The van der Waals surface area contributed by atoms with Gasteiger partial charge in [0.2, 0.25) is 17.7 Å². The number of alkyl carbamates (subject to hydrolysis) is 1. The molecule has 0 aliphatic carbocycles. The molecule has 1 heterocycles. The zero-order valence-corrected chi connectivity index (χ0v) is 24.0. The first-order valence-electron chi connectivity index (χ1n) is 14.2. The third-order valence-corrected chi connectivity index (χ3v) is 7.12. The molecule has 1 saturated heterocycles. The number of amides is 4. The minimum Gasteiger partial charge on any atom is -0.445 e. The summed E-state index contributed by atoms with van der Waals surface area (Å²) in [5, 5.41) is 5.03. The molecule has 0 radical (unpaired) electrons. The first kappa shape index (κ1) is 31.6. The molecule has 11 nitrogen and oxygen atoms in total. The lowest BCUT2D eigenvalue weighted by Gasteiger charge is -2.31. The molecule has 11 heteroatoms. The Morgan fingerprint density at radius 2 is 1.43 bits per heavy atom. The third-order valence-electron chi connectivity index (χ3n) is 7.12. The molecular formula is C33H34N4O7. The van der Waals surface area contributed by atoms with Crippen LogP contribution in [-0.4, -0.2) is 77.4 Å². The van der Waals surface area contributed by atoms with Crippen molar-refractivity contribution in [2.45, 2.75) is 44.1 Å². The number of benzene rings is 3. The standard InChI is InChI=1S/C33H34N4O7/c38-17-16-27(22-39)34-30(40)21-37-29(18-24-10-4-1-5-11-24)32(42)36(19-25-12-6-2-7-13-25)20-28(31(37)41)35-33(43)44-23-26-14-8-3-9-15-26/h1-15,17,22,27-29H,16,18-21,23H2,(H,34,40)(H,35,43)/t27-,28-,29-/m0/s1. The molecule has 0 saturated carbocycles. The van der Waals surface area contributed by atoms with Gasteiger partial charge in [-0.25, -0.2) is 4.79 Å². The van der Waals surface area contributed by atoms with Crippen molar-refractivity contribution < 1.29 is 33.5 Å². The lowest BCUT2D eigenvalue weighted by atomic mass is 10.0. The first-order valence-corrected chi connectivity index (χ1v) is 14.2. The van der Waals surface area contributed by atoms with Gasteiger partial charge in [-0.1, -0.05) is 91.0 Å². The molecule has 0 aromatic heterocycles. The van der Waals surface area contributed by atoms with Crippen LogP contribution in [0.15, 0.2) is 91.0 Å². The van der Waals surface area contributed by atoms with E-state index < -0.39 is 48.5 Å². The first-order chi connectivity index (χ1) is 21.4. The minimum absolute atomic E-state index is 0.0349. The predicted octanol–water partition coefficient (Wildman–Crippen LogP) is 2.04. The maximum Gasteiger partial charge on any atom is 0.408 e. The van der Waals surface area contributed by atoms with Crippen LogP contribution in [0.25, 0.3) is 0 Å². The zero-order valence-electron chi connectivity index (χ0n) is 24.0.